The van der Waals surface area contributed by atoms with Crippen LogP contribution in [-0.2, 0) is 19.6 Å². The lowest BCUT2D eigenvalue weighted by Crippen LogP contribution is -2.37. The number of Topliss-reactive ketones (excluding diaryl/α,β-unsaturated/α-hetero) is 1. The van der Waals surface area contributed by atoms with Gasteiger partial charge in [0.1, 0.15) is 5.92 Å². The van der Waals surface area contributed by atoms with Crippen LogP contribution < -0.4 is 4.72 Å². The van der Waals surface area contributed by atoms with E-state index in [1.54, 1.807) is 42.5 Å². The van der Waals surface area contributed by atoms with Crippen LogP contribution in [0.3, 0.4) is 0 Å². The van der Waals surface area contributed by atoms with Gasteiger partial charge in [0.05, 0.1) is 4.90 Å². The van der Waals surface area contributed by atoms with Crippen molar-refractivity contribution in [2.45, 2.75) is 24.7 Å². The Labute approximate surface area is 163 Å². The summed E-state index contributed by atoms with van der Waals surface area (Å²) in [6.07, 6.45) is 2.41. The molecule has 1 saturated carbocycles. The summed E-state index contributed by atoms with van der Waals surface area (Å²) < 4.78 is 26.7. The van der Waals surface area contributed by atoms with Crippen LogP contribution in [0.5, 0.6) is 0 Å². The van der Waals surface area contributed by atoms with Gasteiger partial charge in [0.15, 0.2) is 5.78 Å². The second-order valence-corrected chi connectivity index (χ2v) is 8.58. The minimum absolute atomic E-state index is 0.0103. The molecule has 0 spiro atoms. The molecule has 1 N–H and O–H groups in total. The van der Waals surface area contributed by atoms with Crippen LogP contribution in [0.4, 0.5) is 0 Å². The maximum absolute atomic E-state index is 12.5. The molecule has 1 atom stereocenters. The summed E-state index contributed by atoms with van der Waals surface area (Å²) in [6.45, 7) is 1.83. The van der Waals surface area contributed by atoms with Crippen molar-refractivity contribution < 1.29 is 18.0 Å². The summed E-state index contributed by atoms with van der Waals surface area (Å²) in [7, 11) is -4.00. The molecule has 0 heterocycles. The van der Waals surface area contributed by atoms with E-state index in [0.717, 1.165) is 11.1 Å². The van der Waals surface area contributed by atoms with Crippen molar-refractivity contribution in [2.24, 2.45) is 5.92 Å². The van der Waals surface area contributed by atoms with Gasteiger partial charge in [-0.05, 0) is 61.2 Å². The van der Waals surface area contributed by atoms with E-state index in [9.17, 15) is 18.0 Å². The second kappa shape index (κ2) is 7.66. The van der Waals surface area contributed by atoms with E-state index in [2.05, 4.69) is 0 Å². The SMILES string of the molecule is Cc1ccc(S(=O)(=O)NC(=O)C2CC/C(=C\c3ccc(Cl)cc3)C2=O)cc1. The first kappa shape index (κ1) is 19.3. The van der Waals surface area contributed by atoms with Gasteiger partial charge in [-0.15, -0.1) is 0 Å². The number of ketones is 1. The van der Waals surface area contributed by atoms with Crippen LogP contribution in [-0.4, -0.2) is 20.1 Å². The van der Waals surface area contributed by atoms with Gasteiger partial charge in [0, 0.05) is 5.02 Å². The van der Waals surface area contributed by atoms with E-state index in [1.807, 2.05) is 11.6 Å². The maximum atomic E-state index is 12.5. The summed E-state index contributed by atoms with van der Waals surface area (Å²) in [5, 5.41) is 0.591. The highest BCUT2D eigenvalue weighted by atomic mass is 35.5. The number of amides is 1. The predicted octanol–water partition coefficient (Wildman–Crippen LogP) is 3.52. The molecule has 1 aliphatic carbocycles. The van der Waals surface area contributed by atoms with Crippen LogP contribution >= 0.6 is 11.6 Å². The smallest absolute Gasteiger partial charge is 0.264 e. The molecule has 0 radical (unpaired) electrons. The summed E-state index contributed by atoms with van der Waals surface area (Å²) >= 11 is 5.84. The van der Waals surface area contributed by atoms with Crippen LogP contribution in [0.1, 0.15) is 24.0 Å². The Morgan fingerprint density at radius 3 is 2.37 bits per heavy atom. The molecule has 140 valence electrons. The lowest BCUT2D eigenvalue weighted by molar-refractivity contribution is -0.129. The fraction of sp³-hybridized carbons (Fsp3) is 0.200. The number of sulfonamides is 1. The lowest BCUT2D eigenvalue weighted by Gasteiger charge is -2.10. The van der Waals surface area contributed by atoms with E-state index >= 15 is 0 Å². The number of rotatable bonds is 4. The summed E-state index contributed by atoms with van der Waals surface area (Å²) in [5.41, 5.74) is 2.21. The Balaban J connectivity index is 1.73. The van der Waals surface area contributed by atoms with E-state index in [4.69, 9.17) is 11.6 Å². The molecule has 2 aromatic carbocycles. The zero-order chi connectivity index (χ0) is 19.6. The Bertz CT molecular complexity index is 1010. The van der Waals surface area contributed by atoms with E-state index < -0.39 is 21.8 Å². The largest absolute Gasteiger partial charge is 0.294 e. The number of hydrogen-bond donors (Lipinski definition) is 1. The normalized spacial score (nSPS) is 18.7. The van der Waals surface area contributed by atoms with Crippen molar-refractivity contribution in [1.82, 2.24) is 4.72 Å². The molecule has 0 bridgehead atoms. The average molecular weight is 404 g/mol. The molecule has 2 aromatic rings. The van der Waals surface area contributed by atoms with Gasteiger partial charge in [-0.25, -0.2) is 13.1 Å². The first-order valence-electron chi connectivity index (χ1n) is 8.40. The number of hydrogen-bond acceptors (Lipinski definition) is 4. The Kier molecular flexibility index (Phi) is 5.48. The standard InChI is InChI=1S/C20H18ClNO4S/c1-13-2-9-17(10-3-13)27(25,26)22-20(24)18-11-6-15(19(18)23)12-14-4-7-16(21)8-5-14/h2-5,7-10,12,18H,6,11H2,1H3,(H,22,24)/b15-12+. The topological polar surface area (TPSA) is 80.3 Å². The summed E-state index contributed by atoms with van der Waals surface area (Å²) in [5.74, 6) is -2.13. The van der Waals surface area contributed by atoms with Gasteiger partial charge < -0.3 is 0 Å². The number of allylic oxidation sites excluding steroid dienone is 1. The van der Waals surface area contributed by atoms with Crippen molar-refractivity contribution in [1.29, 1.82) is 0 Å². The molecule has 0 aliphatic heterocycles. The molecule has 7 heteroatoms. The zero-order valence-electron chi connectivity index (χ0n) is 14.6. The van der Waals surface area contributed by atoms with Gasteiger partial charge >= 0.3 is 0 Å². The maximum Gasteiger partial charge on any atom is 0.264 e. The molecule has 1 fully saturated rings. The van der Waals surface area contributed by atoms with Gasteiger partial charge in [0.25, 0.3) is 10.0 Å². The van der Waals surface area contributed by atoms with Crippen LogP contribution in [0.15, 0.2) is 59.0 Å². The van der Waals surface area contributed by atoms with E-state index in [-0.39, 0.29) is 17.1 Å². The molecular formula is C20H18ClNO4S. The monoisotopic (exact) mass is 403 g/mol. The zero-order valence-corrected chi connectivity index (χ0v) is 16.2. The van der Waals surface area contributed by atoms with E-state index in [1.165, 1.54) is 12.1 Å². The number of carbonyl (C=O) groups excluding carboxylic acids is 2. The quantitative estimate of drug-likeness (QED) is 0.625. The number of benzene rings is 2. The Morgan fingerprint density at radius 1 is 1.11 bits per heavy atom. The van der Waals surface area contributed by atoms with Crippen molar-refractivity contribution in [2.75, 3.05) is 0 Å². The number of carbonyl (C=O) groups is 2. The van der Waals surface area contributed by atoms with Crippen LogP contribution in [0.25, 0.3) is 6.08 Å². The molecule has 1 aliphatic rings. The minimum atomic E-state index is -4.00. The fourth-order valence-electron chi connectivity index (χ4n) is 2.91. The number of halogens is 1. The molecule has 1 unspecified atom stereocenters. The summed E-state index contributed by atoms with van der Waals surface area (Å²) in [4.78, 5) is 24.9. The van der Waals surface area contributed by atoms with Gasteiger partial charge in [0.2, 0.25) is 5.91 Å². The molecule has 1 amide bonds. The van der Waals surface area contributed by atoms with E-state index in [0.29, 0.717) is 17.0 Å². The molecule has 5 nitrogen and oxygen atoms in total. The predicted molar refractivity (Wildman–Crippen MR) is 104 cm³/mol. The van der Waals surface area contributed by atoms with Crippen molar-refractivity contribution >= 4 is 39.4 Å². The first-order chi connectivity index (χ1) is 12.8. The first-order valence-corrected chi connectivity index (χ1v) is 10.3. The molecular weight excluding hydrogens is 386 g/mol. The second-order valence-electron chi connectivity index (χ2n) is 6.46. The Hall–Kier alpha value is -2.44. The third-order valence-corrected chi connectivity index (χ3v) is 6.04. The van der Waals surface area contributed by atoms with Gasteiger partial charge in [-0.1, -0.05) is 41.4 Å². The highest BCUT2D eigenvalue weighted by molar-refractivity contribution is 7.90. The third-order valence-electron chi connectivity index (χ3n) is 4.43. The van der Waals surface area contributed by atoms with Crippen molar-refractivity contribution in [3.8, 4) is 0 Å². The molecule has 3 rings (SSSR count). The molecule has 27 heavy (non-hydrogen) atoms. The van der Waals surface area contributed by atoms with Gasteiger partial charge in [-0.2, -0.15) is 0 Å². The molecule has 0 aromatic heterocycles. The van der Waals surface area contributed by atoms with Crippen LogP contribution in [0, 0.1) is 12.8 Å². The summed E-state index contributed by atoms with van der Waals surface area (Å²) in [6, 6.07) is 13.1. The minimum Gasteiger partial charge on any atom is -0.294 e. The molecule has 0 saturated heterocycles. The highest BCUT2D eigenvalue weighted by Gasteiger charge is 2.36. The van der Waals surface area contributed by atoms with Crippen molar-refractivity contribution in [3.05, 3.63) is 70.3 Å². The average Bonchev–Trinajstić information content (AvgIpc) is 2.98. The lowest BCUT2D eigenvalue weighted by atomic mass is 10.0. The Morgan fingerprint density at radius 2 is 1.74 bits per heavy atom. The third kappa shape index (κ3) is 4.46. The fourth-order valence-corrected chi connectivity index (χ4v) is 4.06. The van der Waals surface area contributed by atoms with Crippen LogP contribution in [0.2, 0.25) is 5.02 Å². The van der Waals surface area contributed by atoms with Crippen molar-refractivity contribution in [3.63, 3.8) is 0 Å². The van der Waals surface area contributed by atoms with Gasteiger partial charge in [-0.3, -0.25) is 9.59 Å². The number of aryl methyl sites for hydroxylation is 1. The number of nitrogens with one attached hydrogen (secondary N) is 1. The highest BCUT2D eigenvalue weighted by Crippen LogP contribution is 2.29.